The first kappa shape index (κ1) is 15.9. The Hall–Kier alpha value is -0.120. The maximum absolute atomic E-state index is 8.49. The Morgan fingerprint density at radius 3 is 1.94 bits per heavy atom. The average Bonchev–Trinajstić information content (AvgIpc) is 2.25. The van der Waals surface area contributed by atoms with Crippen LogP contribution in [0.2, 0.25) is 0 Å². The molecular formula is C13H28O3. The third-order valence-electron chi connectivity index (χ3n) is 2.37. The standard InChI is InChI=1S/C13H28O3/c1-13(2)16-11-8-6-4-3-5-7-10-15-12-9-14/h13-14H,3-12H2,1-2H3. The first-order valence-electron chi connectivity index (χ1n) is 6.57. The highest BCUT2D eigenvalue weighted by Gasteiger charge is 1.94. The van der Waals surface area contributed by atoms with Gasteiger partial charge in [0.2, 0.25) is 0 Å². The predicted molar refractivity (Wildman–Crippen MR) is 66.7 cm³/mol. The minimum absolute atomic E-state index is 0.135. The summed E-state index contributed by atoms with van der Waals surface area (Å²) in [5.41, 5.74) is 0. The van der Waals surface area contributed by atoms with E-state index in [1.165, 1.54) is 32.1 Å². The number of aliphatic hydroxyl groups is 1. The molecule has 0 atom stereocenters. The molecule has 0 aromatic carbocycles. The van der Waals surface area contributed by atoms with Crippen molar-refractivity contribution < 1.29 is 14.6 Å². The van der Waals surface area contributed by atoms with Gasteiger partial charge in [0.05, 0.1) is 19.3 Å². The minimum atomic E-state index is 0.135. The van der Waals surface area contributed by atoms with Crippen LogP contribution >= 0.6 is 0 Å². The van der Waals surface area contributed by atoms with E-state index < -0.39 is 0 Å². The average molecular weight is 232 g/mol. The van der Waals surface area contributed by atoms with E-state index in [9.17, 15) is 0 Å². The fourth-order valence-corrected chi connectivity index (χ4v) is 1.50. The molecular weight excluding hydrogens is 204 g/mol. The van der Waals surface area contributed by atoms with Crippen LogP contribution in [0.4, 0.5) is 0 Å². The molecule has 0 aromatic rings. The van der Waals surface area contributed by atoms with Crippen LogP contribution in [0.25, 0.3) is 0 Å². The van der Waals surface area contributed by atoms with E-state index in [2.05, 4.69) is 13.8 Å². The van der Waals surface area contributed by atoms with Gasteiger partial charge in [-0.25, -0.2) is 0 Å². The number of aliphatic hydroxyl groups excluding tert-OH is 1. The summed E-state index contributed by atoms with van der Waals surface area (Å²) in [6.45, 7) is 6.45. The molecule has 0 amide bonds. The second-order valence-electron chi connectivity index (χ2n) is 4.38. The van der Waals surface area contributed by atoms with Crippen LogP contribution in [0.5, 0.6) is 0 Å². The van der Waals surface area contributed by atoms with Crippen molar-refractivity contribution in [2.75, 3.05) is 26.4 Å². The smallest absolute Gasteiger partial charge is 0.0697 e. The van der Waals surface area contributed by atoms with Crippen LogP contribution in [-0.2, 0) is 9.47 Å². The normalized spacial score (nSPS) is 11.2. The van der Waals surface area contributed by atoms with Gasteiger partial charge < -0.3 is 14.6 Å². The first-order chi connectivity index (χ1) is 7.77. The molecule has 3 nitrogen and oxygen atoms in total. The third kappa shape index (κ3) is 13.9. The molecule has 1 N–H and O–H groups in total. The Morgan fingerprint density at radius 2 is 1.38 bits per heavy atom. The molecule has 0 rings (SSSR count). The van der Waals surface area contributed by atoms with Crippen LogP contribution < -0.4 is 0 Å². The van der Waals surface area contributed by atoms with E-state index in [4.69, 9.17) is 14.6 Å². The van der Waals surface area contributed by atoms with Gasteiger partial charge in [0, 0.05) is 13.2 Å². The van der Waals surface area contributed by atoms with Crippen LogP contribution in [0.1, 0.15) is 52.4 Å². The molecule has 0 aliphatic rings. The summed E-state index contributed by atoms with van der Waals surface area (Å²) in [6, 6.07) is 0. The van der Waals surface area contributed by atoms with Crippen molar-refractivity contribution in [2.45, 2.75) is 58.5 Å². The molecule has 0 fully saturated rings. The molecule has 98 valence electrons. The summed E-state index contributed by atoms with van der Waals surface area (Å²) in [5, 5.41) is 8.49. The van der Waals surface area contributed by atoms with Gasteiger partial charge in [0.25, 0.3) is 0 Å². The molecule has 0 radical (unpaired) electrons. The van der Waals surface area contributed by atoms with Gasteiger partial charge in [-0.3, -0.25) is 0 Å². The van der Waals surface area contributed by atoms with Crippen LogP contribution in [0, 0.1) is 0 Å². The van der Waals surface area contributed by atoms with Crippen molar-refractivity contribution in [1.82, 2.24) is 0 Å². The molecule has 0 aromatic heterocycles. The van der Waals surface area contributed by atoms with Crippen molar-refractivity contribution in [3.8, 4) is 0 Å². The van der Waals surface area contributed by atoms with Crippen LogP contribution in [0.15, 0.2) is 0 Å². The van der Waals surface area contributed by atoms with E-state index in [-0.39, 0.29) is 6.61 Å². The Bertz CT molecular complexity index is 126. The summed E-state index contributed by atoms with van der Waals surface area (Å²) < 4.78 is 10.7. The van der Waals surface area contributed by atoms with Crippen molar-refractivity contribution in [2.24, 2.45) is 0 Å². The lowest BCUT2D eigenvalue weighted by Crippen LogP contribution is -2.03. The Kier molecular flexibility index (Phi) is 12.9. The summed E-state index contributed by atoms with van der Waals surface area (Å²) in [5.74, 6) is 0. The Labute approximate surface area is 100 Å². The monoisotopic (exact) mass is 232 g/mol. The fourth-order valence-electron chi connectivity index (χ4n) is 1.50. The lowest BCUT2D eigenvalue weighted by atomic mass is 10.1. The number of hydrogen-bond donors (Lipinski definition) is 1. The van der Waals surface area contributed by atoms with E-state index in [0.717, 1.165) is 19.6 Å². The predicted octanol–water partition coefficient (Wildman–Crippen LogP) is 2.76. The fraction of sp³-hybridized carbons (Fsp3) is 1.00. The highest BCUT2D eigenvalue weighted by atomic mass is 16.5. The van der Waals surface area contributed by atoms with Crippen molar-refractivity contribution >= 4 is 0 Å². The molecule has 0 aliphatic heterocycles. The van der Waals surface area contributed by atoms with Gasteiger partial charge in [-0.05, 0) is 26.7 Å². The Balaban J connectivity index is 2.88. The summed E-state index contributed by atoms with van der Waals surface area (Å²) in [7, 11) is 0. The largest absolute Gasteiger partial charge is 0.394 e. The third-order valence-corrected chi connectivity index (χ3v) is 2.37. The van der Waals surface area contributed by atoms with Crippen molar-refractivity contribution in [3.63, 3.8) is 0 Å². The number of ether oxygens (including phenoxy) is 2. The molecule has 0 aliphatic carbocycles. The molecule has 0 saturated heterocycles. The maximum atomic E-state index is 8.49. The Morgan fingerprint density at radius 1 is 0.812 bits per heavy atom. The van der Waals surface area contributed by atoms with Crippen molar-refractivity contribution in [3.05, 3.63) is 0 Å². The highest BCUT2D eigenvalue weighted by Crippen LogP contribution is 2.06. The van der Waals surface area contributed by atoms with Gasteiger partial charge in [-0.1, -0.05) is 25.7 Å². The molecule has 0 unspecified atom stereocenters. The summed E-state index contributed by atoms with van der Waals surface area (Å²) in [4.78, 5) is 0. The zero-order valence-electron chi connectivity index (χ0n) is 10.9. The van der Waals surface area contributed by atoms with Gasteiger partial charge in [0.15, 0.2) is 0 Å². The van der Waals surface area contributed by atoms with E-state index in [1.54, 1.807) is 0 Å². The minimum Gasteiger partial charge on any atom is -0.394 e. The number of hydrogen-bond acceptors (Lipinski definition) is 3. The van der Waals surface area contributed by atoms with Crippen LogP contribution in [0.3, 0.4) is 0 Å². The highest BCUT2D eigenvalue weighted by molar-refractivity contribution is 4.46. The zero-order valence-corrected chi connectivity index (χ0v) is 10.9. The van der Waals surface area contributed by atoms with E-state index >= 15 is 0 Å². The van der Waals surface area contributed by atoms with Gasteiger partial charge in [0.1, 0.15) is 0 Å². The molecule has 0 spiro atoms. The summed E-state index contributed by atoms with van der Waals surface area (Å²) in [6.07, 6.45) is 7.73. The molecule has 0 heterocycles. The topological polar surface area (TPSA) is 38.7 Å². The number of unbranched alkanes of at least 4 members (excludes halogenated alkanes) is 5. The van der Waals surface area contributed by atoms with Crippen LogP contribution in [-0.4, -0.2) is 37.6 Å². The molecule has 3 heteroatoms. The first-order valence-corrected chi connectivity index (χ1v) is 6.57. The van der Waals surface area contributed by atoms with E-state index in [1.807, 2.05) is 0 Å². The second-order valence-corrected chi connectivity index (χ2v) is 4.38. The zero-order chi connectivity index (χ0) is 12.1. The SMILES string of the molecule is CC(C)OCCCCCCCCOCCO. The van der Waals surface area contributed by atoms with Gasteiger partial charge in [-0.15, -0.1) is 0 Å². The lowest BCUT2D eigenvalue weighted by molar-refractivity contribution is 0.0754. The van der Waals surface area contributed by atoms with Crippen molar-refractivity contribution in [1.29, 1.82) is 0 Å². The quantitative estimate of drug-likeness (QED) is 0.526. The maximum Gasteiger partial charge on any atom is 0.0697 e. The second kappa shape index (κ2) is 12.9. The summed E-state index contributed by atoms with van der Waals surface area (Å²) >= 11 is 0. The van der Waals surface area contributed by atoms with E-state index in [0.29, 0.717) is 12.7 Å². The van der Waals surface area contributed by atoms with Gasteiger partial charge in [-0.2, -0.15) is 0 Å². The molecule has 0 saturated carbocycles. The van der Waals surface area contributed by atoms with Gasteiger partial charge >= 0.3 is 0 Å². The number of rotatable bonds is 12. The molecule has 16 heavy (non-hydrogen) atoms. The lowest BCUT2D eigenvalue weighted by Gasteiger charge is -2.06. The molecule has 0 bridgehead atoms.